The molecule has 0 radical (unpaired) electrons. The number of anilines is 1. The molecule has 0 saturated heterocycles. The van der Waals surface area contributed by atoms with Crippen LogP contribution in [0.25, 0.3) is 10.9 Å². The van der Waals surface area contributed by atoms with Gasteiger partial charge in [0.25, 0.3) is 0 Å². The topological polar surface area (TPSA) is 55.1 Å². The Kier molecular flexibility index (Phi) is 4.01. The van der Waals surface area contributed by atoms with Crippen LogP contribution in [0.2, 0.25) is 0 Å². The Morgan fingerprint density at radius 2 is 2.19 bits per heavy atom. The maximum atomic E-state index is 12.0. The van der Waals surface area contributed by atoms with E-state index in [1.165, 1.54) is 0 Å². The van der Waals surface area contributed by atoms with Crippen molar-refractivity contribution in [3.63, 3.8) is 0 Å². The first-order chi connectivity index (χ1) is 10.2. The number of nitrogens with zero attached hydrogens (tertiary/aromatic N) is 1. The average molecular weight is 345 g/mol. The summed E-state index contributed by atoms with van der Waals surface area (Å²) in [6, 6.07) is 11.4. The molecular formula is C16H13BrN2O2. The van der Waals surface area contributed by atoms with Gasteiger partial charge in [-0.15, -0.1) is 0 Å². The first-order valence-electron chi connectivity index (χ1n) is 6.59. The number of benzene rings is 1. The normalized spacial score (nSPS) is 10.7. The van der Waals surface area contributed by atoms with E-state index in [0.29, 0.717) is 12.8 Å². The fourth-order valence-corrected chi connectivity index (χ4v) is 2.49. The van der Waals surface area contributed by atoms with Crippen LogP contribution in [0.15, 0.2) is 57.7 Å². The highest BCUT2D eigenvalue weighted by molar-refractivity contribution is 9.10. The van der Waals surface area contributed by atoms with E-state index in [-0.39, 0.29) is 5.91 Å². The summed E-state index contributed by atoms with van der Waals surface area (Å²) in [7, 11) is 0. The van der Waals surface area contributed by atoms with Crippen LogP contribution >= 0.6 is 15.9 Å². The third kappa shape index (κ3) is 3.31. The molecule has 0 atom stereocenters. The molecular weight excluding hydrogens is 332 g/mol. The minimum Gasteiger partial charge on any atom is -0.469 e. The van der Waals surface area contributed by atoms with Crippen LogP contribution in [0.1, 0.15) is 12.2 Å². The number of halogens is 1. The summed E-state index contributed by atoms with van der Waals surface area (Å²) in [5, 5.41) is 3.89. The van der Waals surface area contributed by atoms with Gasteiger partial charge in [0.1, 0.15) is 5.76 Å². The molecule has 5 heteroatoms. The number of rotatable bonds is 4. The van der Waals surface area contributed by atoms with Crippen molar-refractivity contribution in [2.75, 3.05) is 5.32 Å². The van der Waals surface area contributed by atoms with Crippen LogP contribution in [0.5, 0.6) is 0 Å². The summed E-state index contributed by atoms with van der Waals surface area (Å²) in [5.74, 6) is 0.758. The number of carbonyl (C=O) groups excluding carboxylic acids is 1. The number of pyridine rings is 1. The Morgan fingerprint density at radius 3 is 3.00 bits per heavy atom. The molecule has 1 aromatic carbocycles. The number of amides is 1. The smallest absolute Gasteiger partial charge is 0.224 e. The fraction of sp³-hybridized carbons (Fsp3) is 0.125. The second-order valence-electron chi connectivity index (χ2n) is 4.66. The van der Waals surface area contributed by atoms with Crippen LogP contribution in [-0.4, -0.2) is 10.9 Å². The number of nitrogens with one attached hydrogen (secondary N) is 1. The molecule has 0 aliphatic heterocycles. The Bertz CT molecular complexity index is 769. The zero-order valence-electron chi connectivity index (χ0n) is 11.2. The van der Waals surface area contributed by atoms with E-state index in [1.54, 1.807) is 12.5 Å². The van der Waals surface area contributed by atoms with Crippen molar-refractivity contribution >= 4 is 38.4 Å². The van der Waals surface area contributed by atoms with Gasteiger partial charge in [-0.3, -0.25) is 9.78 Å². The SMILES string of the molecule is O=C(CCc1ccco1)Nc1cccc2cc(Br)cnc12. The van der Waals surface area contributed by atoms with Gasteiger partial charge in [-0.25, -0.2) is 0 Å². The molecule has 0 unspecified atom stereocenters. The number of aryl methyl sites for hydroxylation is 1. The number of hydrogen-bond acceptors (Lipinski definition) is 3. The van der Waals surface area contributed by atoms with Gasteiger partial charge in [0.05, 0.1) is 17.5 Å². The molecule has 106 valence electrons. The van der Waals surface area contributed by atoms with Crippen molar-refractivity contribution in [2.45, 2.75) is 12.8 Å². The Hall–Kier alpha value is -2.14. The third-order valence-electron chi connectivity index (χ3n) is 3.13. The third-order valence-corrected chi connectivity index (χ3v) is 3.56. The zero-order chi connectivity index (χ0) is 14.7. The lowest BCUT2D eigenvalue weighted by molar-refractivity contribution is -0.116. The predicted molar refractivity (Wildman–Crippen MR) is 85.1 cm³/mol. The van der Waals surface area contributed by atoms with Crippen LogP contribution in [0.4, 0.5) is 5.69 Å². The number of carbonyl (C=O) groups is 1. The molecule has 0 aliphatic rings. The number of para-hydroxylation sites is 1. The highest BCUT2D eigenvalue weighted by atomic mass is 79.9. The van der Waals surface area contributed by atoms with Crippen molar-refractivity contribution in [3.8, 4) is 0 Å². The summed E-state index contributed by atoms with van der Waals surface area (Å²) in [6.07, 6.45) is 4.30. The molecule has 0 saturated carbocycles. The Morgan fingerprint density at radius 1 is 1.29 bits per heavy atom. The lowest BCUT2D eigenvalue weighted by Crippen LogP contribution is -2.12. The monoisotopic (exact) mass is 344 g/mol. The van der Waals surface area contributed by atoms with Crippen molar-refractivity contribution in [2.24, 2.45) is 0 Å². The lowest BCUT2D eigenvalue weighted by Gasteiger charge is -2.08. The van der Waals surface area contributed by atoms with E-state index in [9.17, 15) is 4.79 Å². The van der Waals surface area contributed by atoms with Crippen molar-refractivity contribution < 1.29 is 9.21 Å². The fourth-order valence-electron chi connectivity index (χ4n) is 2.14. The minimum atomic E-state index is -0.0522. The van der Waals surface area contributed by atoms with Crippen molar-refractivity contribution in [1.29, 1.82) is 0 Å². The summed E-state index contributed by atoms with van der Waals surface area (Å²) >= 11 is 3.39. The first-order valence-corrected chi connectivity index (χ1v) is 7.38. The number of furan rings is 1. The summed E-state index contributed by atoms with van der Waals surface area (Å²) in [5.41, 5.74) is 1.51. The van der Waals surface area contributed by atoms with E-state index < -0.39 is 0 Å². The van der Waals surface area contributed by atoms with Crippen LogP contribution in [0.3, 0.4) is 0 Å². The molecule has 0 fully saturated rings. The molecule has 3 aromatic rings. The Labute approximate surface area is 130 Å². The van der Waals surface area contributed by atoms with Gasteiger partial charge in [0.2, 0.25) is 5.91 Å². The highest BCUT2D eigenvalue weighted by Gasteiger charge is 2.08. The molecule has 0 aliphatic carbocycles. The predicted octanol–water partition coefficient (Wildman–Crippen LogP) is 4.16. The van der Waals surface area contributed by atoms with Gasteiger partial charge >= 0.3 is 0 Å². The highest BCUT2D eigenvalue weighted by Crippen LogP contribution is 2.24. The van der Waals surface area contributed by atoms with Crippen LogP contribution in [-0.2, 0) is 11.2 Å². The van der Waals surface area contributed by atoms with Crippen molar-refractivity contribution in [1.82, 2.24) is 4.98 Å². The number of hydrogen-bond donors (Lipinski definition) is 1. The second kappa shape index (κ2) is 6.10. The van der Waals surface area contributed by atoms with E-state index in [4.69, 9.17) is 4.42 Å². The summed E-state index contributed by atoms with van der Waals surface area (Å²) in [6.45, 7) is 0. The average Bonchev–Trinajstić information content (AvgIpc) is 2.98. The van der Waals surface area contributed by atoms with Gasteiger partial charge < -0.3 is 9.73 Å². The molecule has 0 bridgehead atoms. The minimum absolute atomic E-state index is 0.0522. The van der Waals surface area contributed by atoms with Gasteiger partial charge in [-0.1, -0.05) is 12.1 Å². The van der Waals surface area contributed by atoms with Crippen LogP contribution in [0, 0.1) is 0 Å². The molecule has 3 rings (SSSR count). The van der Waals surface area contributed by atoms with E-state index in [2.05, 4.69) is 26.2 Å². The van der Waals surface area contributed by atoms with Gasteiger partial charge in [0.15, 0.2) is 0 Å². The molecule has 1 N–H and O–H groups in total. The molecule has 4 nitrogen and oxygen atoms in total. The molecule has 2 heterocycles. The second-order valence-corrected chi connectivity index (χ2v) is 5.57. The maximum Gasteiger partial charge on any atom is 0.224 e. The standard InChI is InChI=1S/C16H13BrN2O2/c17-12-9-11-3-1-5-14(16(11)18-10-12)19-15(20)7-6-13-4-2-8-21-13/h1-5,8-10H,6-7H2,(H,19,20). The quantitative estimate of drug-likeness (QED) is 0.772. The van der Waals surface area contributed by atoms with Gasteiger partial charge in [-0.05, 0) is 40.2 Å². The van der Waals surface area contributed by atoms with Gasteiger partial charge in [0, 0.05) is 28.9 Å². The van der Waals surface area contributed by atoms with Crippen molar-refractivity contribution in [3.05, 3.63) is 59.1 Å². The Balaban J connectivity index is 1.73. The molecule has 2 aromatic heterocycles. The van der Waals surface area contributed by atoms with E-state index >= 15 is 0 Å². The largest absolute Gasteiger partial charge is 0.469 e. The molecule has 21 heavy (non-hydrogen) atoms. The molecule has 1 amide bonds. The lowest BCUT2D eigenvalue weighted by atomic mass is 10.2. The summed E-state index contributed by atoms with van der Waals surface area (Å²) in [4.78, 5) is 16.4. The summed E-state index contributed by atoms with van der Waals surface area (Å²) < 4.78 is 6.13. The van der Waals surface area contributed by atoms with E-state index in [0.717, 1.165) is 26.8 Å². The van der Waals surface area contributed by atoms with E-state index in [1.807, 2.05) is 36.4 Å². The van der Waals surface area contributed by atoms with Crippen LogP contribution < -0.4 is 5.32 Å². The first kappa shape index (κ1) is 13.8. The number of fused-ring (bicyclic) bond motifs is 1. The molecule has 0 spiro atoms. The zero-order valence-corrected chi connectivity index (χ0v) is 12.8. The maximum absolute atomic E-state index is 12.0. The van der Waals surface area contributed by atoms with Gasteiger partial charge in [-0.2, -0.15) is 0 Å². The number of aromatic nitrogens is 1.